The highest BCUT2D eigenvalue weighted by Gasteiger charge is 1.57. The molecule has 0 aromatic carbocycles. The van der Waals surface area contributed by atoms with E-state index in [1.165, 1.54) is 5.94 Å². The summed E-state index contributed by atoms with van der Waals surface area (Å²) in [5.74, 6) is 1.34. The highest BCUT2D eigenvalue weighted by molar-refractivity contribution is 5.44. The van der Waals surface area contributed by atoms with Gasteiger partial charge in [0.1, 0.15) is 12.1 Å². The van der Waals surface area contributed by atoms with Crippen LogP contribution in [0.15, 0.2) is 11.3 Å². The molecule has 0 spiro atoms. The highest BCUT2D eigenvalue weighted by Crippen LogP contribution is 1.45. The van der Waals surface area contributed by atoms with Crippen molar-refractivity contribution in [3.05, 3.63) is 6.20 Å². The van der Waals surface area contributed by atoms with Gasteiger partial charge in [0, 0.05) is 0 Å². The van der Waals surface area contributed by atoms with Crippen LogP contribution in [0.1, 0.15) is 0 Å². The predicted octanol–water partition coefficient (Wildman–Crippen LogP) is -0.828. The lowest BCUT2D eigenvalue weighted by molar-refractivity contribution is 0.560. The highest BCUT2D eigenvalue weighted by atomic mass is 16.1. The Labute approximate surface area is 39.5 Å². The van der Waals surface area contributed by atoms with Gasteiger partial charge in [-0.15, -0.1) is 0 Å². The summed E-state index contributed by atoms with van der Waals surface area (Å²) in [6.45, 7) is 0. The molecule has 0 aromatic rings. The smallest absolute Gasteiger partial charge is 0.258 e. The van der Waals surface area contributed by atoms with Crippen molar-refractivity contribution in [2.45, 2.75) is 0 Å². The monoisotopic (exact) mass is 98.0 g/mol. The molecule has 7 heavy (non-hydrogen) atoms. The van der Waals surface area contributed by atoms with E-state index in [0.717, 1.165) is 12.3 Å². The van der Waals surface area contributed by atoms with Gasteiger partial charge in [-0.05, 0) is 0 Å². The fourth-order valence-corrected chi connectivity index (χ4v) is 0.0850. The second-order valence-electron chi connectivity index (χ2n) is 0.594. The minimum absolute atomic E-state index is 0.852. The molecular formula is C3H2N2O2. The van der Waals surface area contributed by atoms with Crippen molar-refractivity contribution in [3.63, 3.8) is 0 Å². The Morgan fingerprint density at radius 3 is 2.71 bits per heavy atom. The Bertz CT molecular complexity index is 114. The van der Waals surface area contributed by atoms with Crippen molar-refractivity contribution in [1.29, 1.82) is 0 Å². The maximum absolute atomic E-state index is 9.25. The molecule has 0 aromatic heterocycles. The summed E-state index contributed by atoms with van der Waals surface area (Å²) in [6.07, 6.45) is 2.01. The fourth-order valence-electron chi connectivity index (χ4n) is 0.0850. The molecule has 0 aliphatic heterocycles. The molecule has 0 rings (SSSR count). The zero-order valence-electron chi connectivity index (χ0n) is 3.34. The van der Waals surface area contributed by atoms with E-state index in [1.54, 1.807) is 0 Å². The van der Waals surface area contributed by atoms with Crippen molar-refractivity contribution < 1.29 is 9.59 Å². The number of rotatable bonds is 2. The van der Waals surface area contributed by atoms with Crippen molar-refractivity contribution in [3.8, 4) is 0 Å². The molecule has 0 radical (unpaired) electrons. The summed E-state index contributed by atoms with van der Waals surface area (Å²) >= 11 is 0. The summed E-state index contributed by atoms with van der Waals surface area (Å²) in [5.41, 5.74) is 1.94. The van der Waals surface area contributed by atoms with Crippen molar-refractivity contribution in [2.24, 2.45) is 5.10 Å². The summed E-state index contributed by atoms with van der Waals surface area (Å²) < 4.78 is 0. The summed E-state index contributed by atoms with van der Waals surface area (Å²) in [5, 5.41) is 2.79. The average molecular weight is 98.1 g/mol. The van der Waals surface area contributed by atoms with Crippen LogP contribution in [0, 0.1) is 0 Å². The molecule has 4 heteroatoms. The van der Waals surface area contributed by atoms with Gasteiger partial charge in [0.05, 0.1) is 0 Å². The SMILES string of the molecule is O=C=CNN=C=O. The molecule has 0 saturated heterocycles. The first kappa shape index (κ1) is 5.63. The molecular weight excluding hydrogens is 96.0 g/mol. The number of hydrogen-bond acceptors (Lipinski definition) is 4. The van der Waals surface area contributed by atoms with Gasteiger partial charge in [0.25, 0.3) is 6.08 Å². The van der Waals surface area contributed by atoms with Gasteiger partial charge in [-0.2, -0.15) is 0 Å². The Kier molecular flexibility index (Phi) is 3.72. The molecule has 36 valence electrons. The lowest BCUT2D eigenvalue weighted by Gasteiger charge is -1.70. The largest absolute Gasteiger partial charge is 0.264 e. The van der Waals surface area contributed by atoms with Crippen LogP contribution in [-0.2, 0) is 9.59 Å². The van der Waals surface area contributed by atoms with E-state index in [9.17, 15) is 9.59 Å². The summed E-state index contributed by atoms with van der Waals surface area (Å²) in [6, 6.07) is 0. The third-order valence-electron chi connectivity index (χ3n) is 0.234. The molecule has 0 aliphatic carbocycles. The van der Waals surface area contributed by atoms with Crippen LogP contribution in [0.4, 0.5) is 0 Å². The molecule has 4 nitrogen and oxygen atoms in total. The number of nitrogens with zero attached hydrogens (tertiary/aromatic N) is 1. The van der Waals surface area contributed by atoms with Crippen LogP contribution in [0.2, 0.25) is 0 Å². The fraction of sp³-hybridized carbons (Fsp3) is 0. The molecule has 1 N–H and O–H groups in total. The van der Waals surface area contributed by atoms with Gasteiger partial charge in [0.2, 0.25) is 0 Å². The van der Waals surface area contributed by atoms with Crippen LogP contribution in [0.5, 0.6) is 0 Å². The zero-order valence-corrected chi connectivity index (χ0v) is 3.34. The van der Waals surface area contributed by atoms with E-state index < -0.39 is 0 Å². The number of isocyanates is 1. The van der Waals surface area contributed by atoms with Gasteiger partial charge in [-0.25, -0.2) is 9.59 Å². The molecule has 0 atom stereocenters. The Morgan fingerprint density at radius 1 is 1.57 bits per heavy atom. The number of hydrogen-bond donors (Lipinski definition) is 1. The van der Waals surface area contributed by atoms with Gasteiger partial charge >= 0.3 is 0 Å². The molecule has 0 aliphatic rings. The van der Waals surface area contributed by atoms with Crippen LogP contribution in [0.3, 0.4) is 0 Å². The minimum Gasteiger partial charge on any atom is -0.264 e. The predicted molar refractivity (Wildman–Crippen MR) is 21.5 cm³/mol. The average Bonchev–Trinajstić information content (AvgIpc) is 1.69. The van der Waals surface area contributed by atoms with E-state index in [-0.39, 0.29) is 0 Å². The molecule has 0 amide bonds. The second-order valence-corrected chi connectivity index (χ2v) is 0.594. The maximum atomic E-state index is 9.25. The van der Waals surface area contributed by atoms with E-state index in [2.05, 4.69) is 5.10 Å². The van der Waals surface area contributed by atoms with Crippen LogP contribution < -0.4 is 5.43 Å². The van der Waals surface area contributed by atoms with E-state index in [4.69, 9.17) is 0 Å². The quantitative estimate of drug-likeness (QED) is 0.212. The van der Waals surface area contributed by atoms with Crippen LogP contribution in [0.25, 0.3) is 0 Å². The topological polar surface area (TPSA) is 58.5 Å². The standard InChI is InChI=1S/C3H2N2O2/c6-2-1-4-5-3-7/h1,4H. The molecule has 0 fully saturated rings. The van der Waals surface area contributed by atoms with Crippen molar-refractivity contribution in [1.82, 2.24) is 5.43 Å². The van der Waals surface area contributed by atoms with Crippen LogP contribution in [-0.4, -0.2) is 12.0 Å². The first-order chi connectivity index (χ1) is 3.41. The van der Waals surface area contributed by atoms with E-state index in [0.29, 0.717) is 0 Å². The second kappa shape index (κ2) is 4.63. The van der Waals surface area contributed by atoms with Gasteiger partial charge in [0.15, 0.2) is 0 Å². The maximum Gasteiger partial charge on any atom is 0.258 e. The Hall–Kier alpha value is -1.37. The van der Waals surface area contributed by atoms with Crippen LogP contribution >= 0.6 is 0 Å². The molecule has 0 bridgehead atoms. The van der Waals surface area contributed by atoms with Crippen molar-refractivity contribution in [2.75, 3.05) is 0 Å². The van der Waals surface area contributed by atoms with Crippen molar-refractivity contribution >= 4 is 12.0 Å². The van der Waals surface area contributed by atoms with E-state index in [1.807, 2.05) is 5.43 Å². The minimum atomic E-state index is 0.852. The molecule has 0 saturated carbocycles. The van der Waals surface area contributed by atoms with Gasteiger partial charge in [-0.3, -0.25) is 5.43 Å². The van der Waals surface area contributed by atoms with Gasteiger partial charge < -0.3 is 0 Å². The summed E-state index contributed by atoms with van der Waals surface area (Å²) in [4.78, 5) is 18.4. The molecule has 0 unspecified atom stereocenters. The molecule has 0 heterocycles. The Morgan fingerprint density at radius 2 is 2.29 bits per heavy atom. The number of nitrogens with one attached hydrogen (secondary N) is 1. The lowest BCUT2D eigenvalue weighted by atomic mass is 11.0. The first-order valence-corrected chi connectivity index (χ1v) is 1.43. The van der Waals surface area contributed by atoms with Gasteiger partial charge in [-0.1, -0.05) is 5.10 Å². The summed E-state index contributed by atoms with van der Waals surface area (Å²) in [7, 11) is 0. The third-order valence-corrected chi connectivity index (χ3v) is 0.234. The first-order valence-electron chi connectivity index (χ1n) is 1.43. The zero-order chi connectivity index (χ0) is 5.54. The normalized spacial score (nSPS) is 5.14. The number of carbonyl (C=O) groups excluding carboxylic acids is 2. The lowest BCUT2D eigenvalue weighted by Crippen LogP contribution is -1.89. The third kappa shape index (κ3) is 4.63. The number of hydrazone groups is 1. The Balaban J connectivity index is 3.33. The van der Waals surface area contributed by atoms with E-state index >= 15 is 0 Å².